The maximum atomic E-state index is 13.3. The SMILES string of the molecule is Cc1c(C(=O)N2CCN(c3nc(-c4cccnc4)cs3)CC2)cnn1-c1nn2cccc2c(=O)[nH]1. The number of hydrogen-bond donors (Lipinski definition) is 1. The van der Waals surface area contributed by atoms with Gasteiger partial charge >= 0.3 is 0 Å². The molecule has 1 aliphatic heterocycles. The zero-order valence-corrected chi connectivity index (χ0v) is 19.6. The molecule has 6 rings (SSSR count). The Hall–Kier alpha value is -4.32. The van der Waals surface area contributed by atoms with Gasteiger partial charge in [-0.1, -0.05) is 0 Å². The molecule has 1 saturated heterocycles. The van der Waals surface area contributed by atoms with E-state index < -0.39 is 0 Å². The Morgan fingerprint density at radius 3 is 2.77 bits per heavy atom. The predicted molar refractivity (Wildman–Crippen MR) is 131 cm³/mol. The van der Waals surface area contributed by atoms with Crippen molar-refractivity contribution in [3.63, 3.8) is 0 Å². The first-order chi connectivity index (χ1) is 17.1. The zero-order valence-electron chi connectivity index (χ0n) is 18.8. The Bertz CT molecular complexity index is 1580. The molecule has 1 aliphatic rings. The average Bonchev–Trinajstić information content (AvgIpc) is 3.64. The number of carbonyl (C=O) groups is 1. The van der Waals surface area contributed by atoms with Gasteiger partial charge in [0.05, 0.1) is 23.1 Å². The number of thiazole rings is 1. The van der Waals surface area contributed by atoms with Gasteiger partial charge < -0.3 is 9.80 Å². The summed E-state index contributed by atoms with van der Waals surface area (Å²) in [4.78, 5) is 41.3. The lowest BCUT2D eigenvalue weighted by Crippen LogP contribution is -2.48. The van der Waals surface area contributed by atoms with Crippen molar-refractivity contribution in [2.24, 2.45) is 0 Å². The third-order valence-corrected chi connectivity index (χ3v) is 7.02. The van der Waals surface area contributed by atoms with Crippen LogP contribution in [0.4, 0.5) is 5.13 Å². The van der Waals surface area contributed by atoms with E-state index in [-0.39, 0.29) is 17.4 Å². The first-order valence-corrected chi connectivity index (χ1v) is 12.0. The summed E-state index contributed by atoms with van der Waals surface area (Å²) in [5.41, 5.74) is 3.18. The Kier molecular flexibility index (Phi) is 5.14. The molecule has 1 amide bonds. The number of pyridine rings is 1. The van der Waals surface area contributed by atoms with Crippen LogP contribution in [0.5, 0.6) is 0 Å². The van der Waals surface area contributed by atoms with Gasteiger partial charge in [-0.05, 0) is 31.2 Å². The second kappa shape index (κ2) is 8.47. The van der Waals surface area contributed by atoms with E-state index in [1.54, 1.807) is 49.0 Å². The molecular formula is C23H21N9O2S. The topological polar surface area (TPSA) is 117 Å². The van der Waals surface area contributed by atoms with Crippen LogP contribution in [-0.2, 0) is 0 Å². The normalized spacial score (nSPS) is 14.1. The van der Waals surface area contributed by atoms with Gasteiger partial charge in [0.1, 0.15) is 5.52 Å². The minimum absolute atomic E-state index is 0.0898. The van der Waals surface area contributed by atoms with E-state index >= 15 is 0 Å². The highest BCUT2D eigenvalue weighted by Crippen LogP contribution is 2.28. The number of aromatic amines is 1. The van der Waals surface area contributed by atoms with Crippen molar-refractivity contribution in [3.8, 4) is 17.2 Å². The van der Waals surface area contributed by atoms with Gasteiger partial charge in [-0.25, -0.2) is 14.2 Å². The lowest BCUT2D eigenvalue weighted by atomic mass is 10.2. The molecular weight excluding hydrogens is 466 g/mol. The molecule has 0 aromatic carbocycles. The molecule has 0 atom stereocenters. The molecule has 1 N–H and O–H groups in total. The van der Waals surface area contributed by atoms with Crippen LogP contribution in [0.2, 0.25) is 0 Å². The summed E-state index contributed by atoms with van der Waals surface area (Å²) in [7, 11) is 0. The van der Waals surface area contributed by atoms with Crippen LogP contribution in [0.15, 0.2) is 59.2 Å². The summed E-state index contributed by atoms with van der Waals surface area (Å²) in [6.45, 7) is 4.34. The summed E-state index contributed by atoms with van der Waals surface area (Å²) < 4.78 is 2.98. The van der Waals surface area contributed by atoms with Crippen LogP contribution in [0.25, 0.3) is 22.7 Å². The van der Waals surface area contributed by atoms with Crippen molar-refractivity contribution in [2.75, 3.05) is 31.1 Å². The second-order valence-corrected chi connectivity index (χ2v) is 9.04. The van der Waals surface area contributed by atoms with Crippen LogP contribution in [0.3, 0.4) is 0 Å². The number of aromatic nitrogens is 7. The summed E-state index contributed by atoms with van der Waals surface area (Å²) >= 11 is 1.60. The van der Waals surface area contributed by atoms with E-state index in [9.17, 15) is 9.59 Å². The van der Waals surface area contributed by atoms with Gasteiger partial charge in [0, 0.05) is 55.7 Å². The lowest BCUT2D eigenvalue weighted by Gasteiger charge is -2.34. The molecule has 0 unspecified atom stereocenters. The first kappa shape index (κ1) is 21.2. The molecule has 176 valence electrons. The molecule has 5 aromatic heterocycles. The number of hydrogen-bond acceptors (Lipinski definition) is 8. The average molecular weight is 488 g/mol. The molecule has 12 heteroatoms. The van der Waals surface area contributed by atoms with E-state index in [1.165, 1.54) is 15.4 Å². The van der Waals surface area contributed by atoms with E-state index in [2.05, 4.69) is 25.1 Å². The Morgan fingerprint density at radius 2 is 1.97 bits per heavy atom. The fraction of sp³-hybridized carbons (Fsp3) is 0.217. The fourth-order valence-corrected chi connectivity index (χ4v) is 5.08. The maximum absolute atomic E-state index is 13.3. The number of nitrogens with zero attached hydrogens (tertiary/aromatic N) is 8. The molecule has 0 aliphatic carbocycles. The summed E-state index contributed by atoms with van der Waals surface area (Å²) in [5, 5.41) is 11.7. The van der Waals surface area contributed by atoms with E-state index in [0.29, 0.717) is 43.0 Å². The number of piperazine rings is 1. The van der Waals surface area contributed by atoms with Crippen LogP contribution in [0, 0.1) is 6.92 Å². The quantitative estimate of drug-likeness (QED) is 0.412. The zero-order chi connectivity index (χ0) is 23.9. The van der Waals surface area contributed by atoms with E-state index in [1.807, 2.05) is 22.4 Å². The molecule has 11 nitrogen and oxygen atoms in total. The van der Waals surface area contributed by atoms with Crippen LogP contribution >= 0.6 is 11.3 Å². The van der Waals surface area contributed by atoms with Gasteiger partial charge in [-0.15, -0.1) is 16.4 Å². The summed E-state index contributed by atoms with van der Waals surface area (Å²) in [6.07, 6.45) is 6.78. The summed E-state index contributed by atoms with van der Waals surface area (Å²) in [5.74, 6) is 0.168. The van der Waals surface area contributed by atoms with Gasteiger partial charge in [-0.3, -0.25) is 19.6 Å². The molecule has 0 saturated carbocycles. The standard InChI is InChI=1S/C23H21N9O2S/c1-15-17(13-25-32(15)22-27-20(33)19-5-3-7-31(19)28-22)21(34)29-8-10-30(11-9-29)23-26-18(14-35-23)16-4-2-6-24-12-16/h2-7,12-14H,8-11H2,1H3,(H,27,28,33). The van der Waals surface area contributed by atoms with Crippen LogP contribution < -0.4 is 10.5 Å². The van der Waals surface area contributed by atoms with E-state index in [4.69, 9.17) is 4.98 Å². The molecule has 1 fully saturated rings. The number of anilines is 1. The van der Waals surface area contributed by atoms with Gasteiger partial charge in [-0.2, -0.15) is 5.10 Å². The molecule has 0 spiro atoms. The van der Waals surface area contributed by atoms with Gasteiger partial charge in [0.25, 0.3) is 11.5 Å². The third-order valence-electron chi connectivity index (χ3n) is 6.12. The Labute approximate surface area is 203 Å². The monoisotopic (exact) mass is 487 g/mol. The highest BCUT2D eigenvalue weighted by Gasteiger charge is 2.27. The van der Waals surface area contributed by atoms with Crippen molar-refractivity contribution in [1.29, 1.82) is 0 Å². The Morgan fingerprint density at radius 1 is 1.11 bits per heavy atom. The molecule has 35 heavy (non-hydrogen) atoms. The smallest absolute Gasteiger partial charge is 0.276 e. The molecule has 0 bridgehead atoms. The van der Waals surface area contributed by atoms with Crippen molar-refractivity contribution in [3.05, 3.63) is 76.0 Å². The van der Waals surface area contributed by atoms with Crippen molar-refractivity contribution in [2.45, 2.75) is 6.92 Å². The van der Waals surface area contributed by atoms with Crippen LogP contribution in [-0.4, -0.2) is 71.3 Å². The van der Waals surface area contributed by atoms with Crippen molar-refractivity contribution < 1.29 is 4.79 Å². The minimum atomic E-state index is -0.271. The lowest BCUT2D eigenvalue weighted by molar-refractivity contribution is 0.0746. The number of rotatable bonds is 4. The molecule has 0 radical (unpaired) electrons. The highest BCUT2D eigenvalue weighted by molar-refractivity contribution is 7.14. The first-order valence-electron chi connectivity index (χ1n) is 11.1. The van der Waals surface area contributed by atoms with Gasteiger partial charge in [0.15, 0.2) is 5.13 Å². The number of amides is 1. The highest BCUT2D eigenvalue weighted by atomic mass is 32.1. The third kappa shape index (κ3) is 3.77. The molecule has 6 heterocycles. The van der Waals surface area contributed by atoms with E-state index in [0.717, 1.165) is 16.4 Å². The van der Waals surface area contributed by atoms with Crippen molar-refractivity contribution >= 4 is 27.9 Å². The summed E-state index contributed by atoms with van der Waals surface area (Å²) in [6, 6.07) is 7.32. The second-order valence-electron chi connectivity index (χ2n) is 8.21. The fourth-order valence-electron chi connectivity index (χ4n) is 4.19. The van der Waals surface area contributed by atoms with Crippen LogP contribution in [0.1, 0.15) is 16.1 Å². The number of nitrogens with one attached hydrogen (secondary N) is 1. The predicted octanol–water partition coefficient (Wildman–Crippen LogP) is 2.00. The van der Waals surface area contributed by atoms with Crippen molar-refractivity contribution in [1.82, 2.24) is 39.2 Å². The number of carbonyl (C=O) groups excluding carboxylic acids is 1. The number of fused-ring (bicyclic) bond motifs is 1. The Balaban J connectivity index is 1.16. The largest absolute Gasteiger partial charge is 0.345 e. The minimum Gasteiger partial charge on any atom is -0.345 e. The maximum Gasteiger partial charge on any atom is 0.276 e. The molecule has 5 aromatic rings. The van der Waals surface area contributed by atoms with Gasteiger partial charge in [0.2, 0.25) is 5.95 Å². The number of H-pyrrole nitrogens is 1.